The zero-order valence-electron chi connectivity index (χ0n) is 9.74. The third-order valence-electron chi connectivity index (χ3n) is 1.80. The Balaban J connectivity index is 0.000000331. The Morgan fingerprint density at radius 1 is 0.889 bits per heavy atom. The Morgan fingerprint density at radius 3 is 1.44 bits per heavy atom. The van der Waals surface area contributed by atoms with E-state index in [4.69, 9.17) is 10.2 Å². The van der Waals surface area contributed by atoms with Crippen molar-refractivity contribution in [2.45, 2.75) is 0 Å². The first-order valence-corrected chi connectivity index (χ1v) is 4.99. The second-order valence-corrected chi connectivity index (χ2v) is 3.05. The minimum atomic E-state index is -1.26. The van der Waals surface area contributed by atoms with Crippen LogP contribution in [0.15, 0.2) is 49.6 Å². The highest BCUT2D eigenvalue weighted by molar-refractivity contribution is 5.89. The number of hydrogen-bond acceptors (Lipinski definition) is 2. The van der Waals surface area contributed by atoms with E-state index in [1.54, 1.807) is 0 Å². The van der Waals surface area contributed by atoms with Crippen LogP contribution in [0.1, 0.15) is 11.1 Å². The Labute approximate surface area is 105 Å². The largest absolute Gasteiger partial charge is 0.478 e. The summed E-state index contributed by atoms with van der Waals surface area (Å²) in [7, 11) is 0. The standard InChI is InChI=1S/C10H10.C4H4O4/c1-3-9-7-5-6-8-10(9)4-2;5-3(6)1-2-4(7)8/h3-8H,1-2H2;1-2H,(H,5,6)(H,7,8)/b;2-1-. The van der Waals surface area contributed by atoms with Crippen molar-refractivity contribution in [1.82, 2.24) is 0 Å². The van der Waals surface area contributed by atoms with Gasteiger partial charge >= 0.3 is 11.9 Å². The molecule has 0 heterocycles. The van der Waals surface area contributed by atoms with E-state index >= 15 is 0 Å². The molecule has 0 saturated carbocycles. The Bertz CT molecular complexity index is 429. The van der Waals surface area contributed by atoms with Crippen molar-refractivity contribution in [2.75, 3.05) is 0 Å². The fourth-order valence-corrected chi connectivity index (χ4v) is 1.03. The van der Waals surface area contributed by atoms with Crippen LogP contribution in [0.2, 0.25) is 0 Å². The molecule has 1 rings (SSSR count). The lowest BCUT2D eigenvalue weighted by molar-refractivity contribution is -0.134. The second-order valence-electron chi connectivity index (χ2n) is 3.05. The minimum absolute atomic E-state index is 0.558. The number of hydrogen-bond donors (Lipinski definition) is 2. The summed E-state index contributed by atoms with van der Waals surface area (Å²) in [6.45, 7) is 7.38. The van der Waals surface area contributed by atoms with Gasteiger partial charge in [0.05, 0.1) is 0 Å². The predicted octanol–water partition coefficient (Wildman–Crippen LogP) is 2.68. The Morgan fingerprint density at radius 2 is 1.22 bits per heavy atom. The summed E-state index contributed by atoms with van der Waals surface area (Å²) in [5.41, 5.74) is 2.27. The van der Waals surface area contributed by atoms with Gasteiger partial charge in [-0.15, -0.1) is 0 Å². The van der Waals surface area contributed by atoms with E-state index < -0.39 is 11.9 Å². The van der Waals surface area contributed by atoms with Gasteiger partial charge in [0.1, 0.15) is 0 Å². The molecule has 0 aliphatic carbocycles. The Hall–Kier alpha value is -2.62. The SMILES string of the molecule is C=Cc1ccccc1C=C.O=C(O)/C=C\C(=O)O. The molecule has 0 aliphatic rings. The van der Waals surface area contributed by atoms with Crippen molar-refractivity contribution >= 4 is 24.1 Å². The fraction of sp³-hybridized carbons (Fsp3) is 0. The molecule has 0 atom stereocenters. The van der Waals surface area contributed by atoms with Gasteiger partial charge in [0.2, 0.25) is 0 Å². The molecule has 0 spiro atoms. The molecule has 94 valence electrons. The first kappa shape index (κ1) is 15.4. The zero-order chi connectivity index (χ0) is 14.0. The lowest BCUT2D eigenvalue weighted by Gasteiger charge is -1.96. The Kier molecular flexibility index (Phi) is 7.28. The van der Waals surface area contributed by atoms with E-state index in [0.29, 0.717) is 12.2 Å². The molecule has 0 saturated heterocycles. The summed E-state index contributed by atoms with van der Waals surface area (Å²) in [4.78, 5) is 19.1. The van der Waals surface area contributed by atoms with Crippen LogP contribution >= 0.6 is 0 Å². The summed E-state index contributed by atoms with van der Waals surface area (Å²) in [6.07, 6.45) is 4.78. The smallest absolute Gasteiger partial charge is 0.328 e. The zero-order valence-corrected chi connectivity index (χ0v) is 9.74. The quantitative estimate of drug-likeness (QED) is 0.801. The molecule has 0 radical (unpaired) electrons. The average molecular weight is 246 g/mol. The summed E-state index contributed by atoms with van der Waals surface area (Å²) in [5, 5.41) is 15.6. The molecule has 0 bridgehead atoms. The van der Waals surface area contributed by atoms with Gasteiger partial charge in [-0.1, -0.05) is 49.6 Å². The van der Waals surface area contributed by atoms with Crippen molar-refractivity contribution in [3.63, 3.8) is 0 Å². The topological polar surface area (TPSA) is 74.6 Å². The predicted molar refractivity (Wildman–Crippen MR) is 71.0 cm³/mol. The summed E-state index contributed by atoms with van der Waals surface area (Å²) < 4.78 is 0. The van der Waals surface area contributed by atoms with Gasteiger partial charge in [-0.05, 0) is 11.1 Å². The van der Waals surface area contributed by atoms with Gasteiger partial charge in [-0.2, -0.15) is 0 Å². The molecule has 1 aromatic carbocycles. The molecule has 4 nitrogen and oxygen atoms in total. The van der Waals surface area contributed by atoms with E-state index in [1.165, 1.54) is 0 Å². The van der Waals surface area contributed by atoms with Crippen LogP contribution in [0.3, 0.4) is 0 Å². The van der Waals surface area contributed by atoms with Crippen molar-refractivity contribution < 1.29 is 19.8 Å². The lowest BCUT2D eigenvalue weighted by Crippen LogP contribution is -1.91. The number of benzene rings is 1. The monoisotopic (exact) mass is 246 g/mol. The third-order valence-corrected chi connectivity index (χ3v) is 1.80. The number of carboxylic acid groups (broad SMARTS) is 2. The van der Waals surface area contributed by atoms with Crippen LogP contribution in [0.25, 0.3) is 12.2 Å². The third kappa shape index (κ3) is 6.79. The molecular formula is C14H14O4. The van der Waals surface area contributed by atoms with Crippen LogP contribution in [0.4, 0.5) is 0 Å². The van der Waals surface area contributed by atoms with E-state index in [-0.39, 0.29) is 0 Å². The molecule has 0 aromatic heterocycles. The highest BCUT2D eigenvalue weighted by atomic mass is 16.4. The highest BCUT2D eigenvalue weighted by Crippen LogP contribution is 2.10. The molecule has 0 amide bonds. The van der Waals surface area contributed by atoms with Crippen LogP contribution in [-0.2, 0) is 9.59 Å². The minimum Gasteiger partial charge on any atom is -0.478 e. The molecule has 0 unspecified atom stereocenters. The summed E-state index contributed by atoms with van der Waals surface area (Å²) in [5.74, 6) is -2.51. The number of carboxylic acids is 2. The normalized spacial score (nSPS) is 9.11. The molecule has 4 heteroatoms. The average Bonchev–Trinajstić information content (AvgIpc) is 2.37. The van der Waals surface area contributed by atoms with Crippen molar-refractivity contribution in [1.29, 1.82) is 0 Å². The van der Waals surface area contributed by atoms with Crippen LogP contribution in [0, 0.1) is 0 Å². The number of carbonyl (C=O) groups is 2. The first-order chi connectivity index (χ1) is 8.51. The molecule has 0 aliphatic heterocycles. The van der Waals surface area contributed by atoms with Gasteiger partial charge in [0.15, 0.2) is 0 Å². The van der Waals surface area contributed by atoms with Crippen molar-refractivity contribution in [3.05, 3.63) is 60.7 Å². The molecule has 2 N–H and O–H groups in total. The lowest BCUT2D eigenvalue weighted by atomic mass is 10.1. The van der Waals surface area contributed by atoms with Crippen LogP contribution < -0.4 is 0 Å². The van der Waals surface area contributed by atoms with Gasteiger partial charge in [0.25, 0.3) is 0 Å². The second kappa shape index (κ2) is 8.52. The van der Waals surface area contributed by atoms with E-state index in [9.17, 15) is 9.59 Å². The van der Waals surface area contributed by atoms with Crippen molar-refractivity contribution in [3.8, 4) is 0 Å². The van der Waals surface area contributed by atoms with E-state index in [0.717, 1.165) is 11.1 Å². The highest BCUT2D eigenvalue weighted by Gasteiger charge is 1.89. The van der Waals surface area contributed by atoms with Crippen LogP contribution in [0.5, 0.6) is 0 Å². The summed E-state index contributed by atoms with van der Waals surface area (Å²) >= 11 is 0. The number of aliphatic carboxylic acids is 2. The molecule has 1 aromatic rings. The maximum atomic E-state index is 9.55. The van der Waals surface area contributed by atoms with Gasteiger partial charge in [0, 0.05) is 12.2 Å². The van der Waals surface area contributed by atoms with Crippen molar-refractivity contribution in [2.24, 2.45) is 0 Å². The van der Waals surface area contributed by atoms with Gasteiger partial charge in [-0.3, -0.25) is 0 Å². The van der Waals surface area contributed by atoms with E-state index in [2.05, 4.69) is 13.2 Å². The van der Waals surface area contributed by atoms with Crippen LogP contribution in [-0.4, -0.2) is 22.2 Å². The maximum absolute atomic E-state index is 9.55. The van der Waals surface area contributed by atoms with E-state index in [1.807, 2.05) is 36.4 Å². The molecule has 18 heavy (non-hydrogen) atoms. The number of rotatable bonds is 4. The van der Waals surface area contributed by atoms with Gasteiger partial charge in [-0.25, -0.2) is 9.59 Å². The first-order valence-electron chi connectivity index (χ1n) is 4.99. The fourth-order valence-electron chi connectivity index (χ4n) is 1.03. The molecular weight excluding hydrogens is 232 g/mol. The maximum Gasteiger partial charge on any atom is 0.328 e. The molecule has 0 fully saturated rings. The summed E-state index contributed by atoms with van der Waals surface area (Å²) in [6, 6.07) is 8.02. The van der Waals surface area contributed by atoms with Gasteiger partial charge < -0.3 is 10.2 Å².